The van der Waals surface area contributed by atoms with E-state index >= 15 is 0 Å². The average molecular weight is 526 g/mol. The van der Waals surface area contributed by atoms with Gasteiger partial charge in [-0.1, -0.05) is 32.0 Å². The topological polar surface area (TPSA) is 109 Å². The van der Waals surface area contributed by atoms with Gasteiger partial charge in [-0.15, -0.1) is 0 Å². The predicted octanol–water partition coefficient (Wildman–Crippen LogP) is 4.00. The fraction of sp³-hybridized carbons (Fsp3) is 0.429. The fourth-order valence-corrected chi connectivity index (χ4v) is 6.83. The van der Waals surface area contributed by atoms with Gasteiger partial charge < -0.3 is 9.64 Å². The molecule has 8 nitrogen and oxygen atoms in total. The summed E-state index contributed by atoms with van der Waals surface area (Å²) in [5.74, 6) is -0.652. The number of carbonyl (C=O) groups is 1. The van der Waals surface area contributed by atoms with E-state index < -0.39 is 27.6 Å². The summed E-state index contributed by atoms with van der Waals surface area (Å²) in [6.45, 7) is 8.53. The third-order valence-electron chi connectivity index (χ3n) is 6.83. The Hall–Kier alpha value is -3.01. The Bertz CT molecular complexity index is 1340. The number of nitrogens with one attached hydrogen (secondary N) is 1. The van der Waals surface area contributed by atoms with Crippen LogP contribution in [0.3, 0.4) is 0 Å². The highest BCUT2D eigenvalue weighted by molar-refractivity contribution is 7.91. The third kappa shape index (κ3) is 6.66. The second-order valence-corrected chi connectivity index (χ2v) is 12.3. The number of pyridine rings is 1. The summed E-state index contributed by atoms with van der Waals surface area (Å²) in [5.41, 5.74) is 4.54. The van der Waals surface area contributed by atoms with Crippen molar-refractivity contribution in [2.24, 2.45) is 17.8 Å². The SMILES string of the molecule is Cc1cc(COc2ccc(S(=O)(=O)CC3CN(CC(C)C)CCC3C(=O)NO)cc2)c2ccccc2n1. The predicted molar refractivity (Wildman–Crippen MR) is 142 cm³/mol. The minimum Gasteiger partial charge on any atom is -0.489 e. The van der Waals surface area contributed by atoms with Crippen molar-refractivity contribution >= 4 is 26.6 Å². The lowest BCUT2D eigenvalue weighted by Gasteiger charge is -2.38. The smallest absolute Gasteiger partial charge is 0.246 e. The van der Waals surface area contributed by atoms with Crippen molar-refractivity contribution < 1.29 is 23.2 Å². The summed E-state index contributed by atoms with van der Waals surface area (Å²) in [6, 6.07) is 16.3. The second kappa shape index (κ2) is 11.6. The number of ether oxygens (including phenoxy) is 1. The molecule has 1 aliphatic rings. The highest BCUT2D eigenvalue weighted by atomic mass is 32.2. The lowest BCUT2D eigenvalue weighted by Crippen LogP contribution is -2.49. The minimum absolute atomic E-state index is 0.165. The van der Waals surface area contributed by atoms with Gasteiger partial charge in [-0.25, -0.2) is 13.9 Å². The summed E-state index contributed by atoms with van der Waals surface area (Å²) in [6.07, 6.45) is 0.509. The molecule has 1 amide bonds. The molecule has 1 aromatic heterocycles. The van der Waals surface area contributed by atoms with Crippen LogP contribution in [-0.4, -0.2) is 54.8 Å². The van der Waals surface area contributed by atoms with Crippen LogP contribution in [0.4, 0.5) is 0 Å². The zero-order valence-corrected chi connectivity index (χ0v) is 22.4. The number of hydrogen-bond donors (Lipinski definition) is 2. The lowest BCUT2D eigenvalue weighted by molar-refractivity contribution is -0.136. The average Bonchev–Trinajstić information content (AvgIpc) is 2.86. The van der Waals surface area contributed by atoms with Crippen molar-refractivity contribution in [1.82, 2.24) is 15.4 Å². The molecule has 0 spiro atoms. The van der Waals surface area contributed by atoms with Crippen LogP contribution in [-0.2, 0) is 21.2 Å². The summed E-state index contributed by atoms with van der Waals surface area (Å²) in [4.78, 5) is 19.2. The van der Waals surface area contributed by atoms with E-state index in [1.165, 1.54) is 0 Å². The lowest BCUT2D eigenvalue weighted by atomic mass is 9.86. The van der Waals surface area contributed by atoms with Gasteiger partial charge >= 0.3 is 0 Å². The Kier molecular flexibility index (Phi) is 8.46. The van der Waals surface area contributed by atoms with Gasteiger partial charge in [-0.2, -0.15) is 0 Å². The number of benzene rings is 2. The van der Waals surface area contributed by atoms with Crippen LogP contribution >= 0.6 is 0 Å². The maximum Gasteiger partial charge on any atom is 0.246 e. The number of aromatic nitrogens is 1. The maximum absolute atomic E-state index is 13.3. The first-order valence-corrected chi connectivity index (χ1v) is 14.3. The molecule has 0 saturated carbocycles. The van der Waals surface area contributed by atoms with Crippen LogP contribution in [0.2, 0.25) is 0 Å². The van der Waals surface area contributed by atoms with Crippen LogP contribution in [0.15, 0.2) is 59.5 Å². The Balaban J connectivity index is 1.46. The van der Waals surface area contributed by atoms with Crippen LogP contribution in [0.25, 0.3) is 10.9 Å². The summed E-state index contributed by atoms with van der Waals surface area (Å²) in [5, 5.41) is 10.2. The molecule has 1 saturated heterocycles. The van der Waals surface area contributed by atoms with Gasteiger partial charge in [-0.05, 0) is 68.1 Å². The zero-order valence-electron chi connectivity index (χ0n) is 21.6. The van der Waals surface area contributed by atoms with E-state index in [2.05, 4.69) is 23.7 Å². The Morgan fingerprint density at radius 2 is 1.92 bits per heavy atom. The first kappa shape index (κ1) is 27.0. The number of nitrogens with zero attached hydrogens (tertiary/aromatic N) is 2. The highest BCUT2D eigenvalue weighted by Gasteiger charge is 2.37. The minimum atomic E-state index is -3.66. The second-order valence-electron chi connectivity index (χ2n) is 10.3. The molecule has 2 N–H and O–H groups in total. The van der Waals surface area contributed by atoms with Gasteiger partial charge in [0.15, 0.2) is 9.84 Å². The summed E-state index contributed by atoms with van der Waals surface area (Å²) in [7, 11) is -3.66. The molecule has 9 heteroatoms. The monoisotopic (exact) mass is 525 g/mol. The molecule has 2 heterocycles. The van der Waals surface area contributed by atoms with Crippen molar-refractivity contribution in [2.75, 3.05) is 25.4 Å². The number of rotatable bonds is 9. The number of para-hydroxylation sites is 1. The maximum atomic E-state index is 13.3. The van der Waals surface area contributed by atoms with Crippen molar-refractivity contribution in [3.05, 3.63) is 65.9 Å². The van der Waals surface area contributed by atoms with E-state index in [4.69, 9.17) is 4.74 Å². The van der Waals surface area contributed by atoms with E-state index in [9.17, 15) is 18.4 Å². The van der Waals surface area contributed by atoms with Crippen LogP contribution < -0.4 is 10.2 Å². The molecule has 0 aliphatic carbocycles. The van der Waals surface area contributed by atoms with Gasteiger partial charge in [0.1, 0.15) is 12.4 Å². The van der Waals surface area contributed by atoms with Crippen LogP contribution in [0.1, 0.15) is 31.5 Å². The van der Waals surface area contributed by atoms with E-state index in [0.717, 1.165) is 28.7 Å². The number of carbonyl (C=O) groups excluding carboxylic acids is 1. The molecule has 1 aliphatic heterocycles. The number of amides is 1. The number of hydroxylamine groups is 1. The number of aryl methyl sites for hydroxylation is 1. The summed E-state index contributed by atoms with van der Waals surface area (Å²) >= 11 is 0. The van der Waals surface area contributed by atoms with Crippen molar-refractivity contribution in [2.45, 2.75) is 38.7 Å². The number of sulfone groups is 1. The summed E-state index contributed by atoms with van der Waals surface area (Å²) < 4.78 is 32.6. The van der Waals surface area contributed by atoms with E-state index in [0.29, 0.717) is 37.8 Å². The van der Waals surface area contributed by atoms with E-state index in [1.54, 1.807) is 29.7 Å². The molecular weight excluding hydrogens is 490 g/mol. The highest BCUT2D eigenvalue weighted by Crippen LogP contribution is 2.29. The van der Waals surface area contributed by atoms with Gasteiger partial charge in [-0.3, -0.25) is 15.0 Å². The van der Waals surface area contributed by atoms with E-state index in [-0.39, 0.29) is 10.6 Å². The van der Waals surface area contributed by atoms with Gasteiger partial charge in [0.2, 0.25) is 5.91 Å². The molecular formula is C28H35N3O5S. The molecule has 2 atom stereocenters. The van der Waals surface area contributed by atoms with Crippen LogP contribution in [0, 0.1) is 24.7 Å². The molecule has 198 valence electrons. The van der Waals surface area contributed by atoms with Gasteiger partial charge in [0, 0.05) is 35.7 Å². The molecule has 4 rings (SSSR count). The first-order chi connectivity index (χ1) is 17.7. The number of fused-ring (bicyclic) bond motifs is 1. The third-order valence-corrected chi connectivity index (χ3v) is 8.69. The number of hydrogen-bond acceptors (Lipinski definition) is 7. The Morgan fingerprint density at radius 3 is 2.62 bits per heavy atom. The van der Waals surface area contributed by atoms with E-state index in [1.807, 2.05) is 37.3 Å². The Morgan fingerprint density at radius 1 is 1.19 bits per heavy atom. The van der Waals surface area contributed by atoms with Crippen molar-refractivity contribution in [1.29, 1.82) is 0 Å². The first-order valence-electron chi connectivity index (χ1n) is 12.6. The standard InChI is InChI=1S/C28H35N3O5S/c1-19(2)15-31-13-12-26(28(32)30-33)22(16-31)18-37(34,35)24-10-8-23(9-11-24)36-17-21-14-20(3)29-27-7-5-4-6-25(21)27/h4-11,14,19,22,26,33H,12-13,15-18H2,1-3H3,(H,30,32). The molecule has 0 radical (unpaired) electrons. The van der Waals surface area contributed by atoms with Gasteiger partial charge in [0.25, 0.3) is 0 Å². The molecule has 2 aromatic carbocycles. The van der Waals surface area contributed by atoms with Crippen molar-refractivity contribution in [3.8, 4) is 5.75 Å². The number of piperidine rings is 1. The Labute approximate surface area is 218 Å². The quantitative estimate of drug-likeness (QED) is 0.321. The van der Waals surface area contributed by atoms with Gasteiger partial charge in [0.05, 0.1) is 16.2 Å². The fourth-order valence-electron chi connectivity index (χ4n) is 5.18. The zero-order chi connectivity index (χ0) is 26.6. The largest absolute Gasteiger partial charge is 0.489 e. The molecule has 2 unspecified atom stereocenters. The molecule has 0 bridgehead atoms. The van der Waals surface area contributed by atoms with Crippen LogP contribution in [0.5, 0.6) is 5.75 Å². The molecule has 37 heavy (non-hydrogen) atoms. The normalized spacial score (nSPS) is 18.7. The molecule has 1 fully saturated rings. The number of likely N-dealkylation sites (tertiary alicyclic amines) is 1. The van der Waals surface area contributed by atoms with Crippen molar-refractivity contribution in [3.63, 3.8) is 0 Å². The molecule has 3 aromatic rings.